The van der Waals surface area contributed by atoms with E-state index in [9.17, 15) is 0 Å². The fourth-order valence-electron chi connectivity index (χ4n) is 1.83. The third-order valence-corrected chi connectivity index (χ3v) is 3.30. The summed E-state index contributed by atoms with van der Waals surface area (Å²) in [4.78, 5) is 4.33. The first-order valence-corrected chi connectivity index (χ1v) is 6.11. The monoisotopic (exact) mass is 258 g/mol. The van der Waals surface area contributed by atoms with Gasteiger partial charge in [-0.2, -0.15) is 0 Å². The van der Waals surface area contributed by atoms with Gasteiger partial charge in [-0.05, 0) is 19.3 Å². The topological polar surface area (TPSA) is 27.1 Å². The van der Waals surface area contributed by atoms with Crippen molar-refractivity contribution in [2.45, 2.75) is 31.5 Å². The molecular weight excluding hydrogens is 244 g/mol. The van der Waals surface area contributed by atoms with Gasteiger partial charge in [0.2, 0.25) is 0 Å². The maximum Gasteiger partial charge on any atom is 0.101 e. The molecule has 0 radical (unpaired) electrons. The Hall–Kier alpha value is -0.350. The summed E-state index contributed by atoms with van der Waals surface area (Å²) in [6.45, 7) is 0. The van der Waals surface area contributed by atoms with Crippen LogP contribution in [0.4, 0.5) is 0 Å². The van der Waals surface area contributed by atoms with Crippen LogP contribution in [-0.4, -0.2) is 21.0 Å². The molecule has 0 spiro atoms. The zero-order valence-electron chi connectivity index (χ0n) is 8.32. The molecule has 0 saturated carbocycles. The first kappa shape index (κ1) is 10.2. The molecule has 0 aromatic carbocycles. The van der Waals surface area contributed by atoms with Crippen LogP contribution in [0.3, 0.4) is 0 Å². The second-order valence-corrected chi connectivity index (χ2v) is 4.44. The molecule has 0 N–H and O–H groups in total. The molecule has 2 unspecified atom stereocenters. The van der Waals surface area contributed by atoms with Gasteiger partial charge in [-0.3, -0.25) is 0 Å². The normalized spacial score (nSPS) is 27.9. The number of aromatic nitrogens is 2. The largest absolute Gasteiger partial charge is 0.368 e. The molecule has 1 fully saturated rings. The Labute approximate surface area is 92.6 Å². The van der Waals surface area contributed by atoms with Crippen LogP contribution in [-0.2, 0) is 11.8 Å². The predicted molar refractivity (Wildman–Crippen MR) is 58.5 cm³/mol. The number of ether oxygens (including phenoxy) is 1. The fourth-order valence-corrected chi connectivity index (χ4v) is 2.31. The highest BCUT2D eigenvalue weighted by Gasteiger charge is 2.24. The van der Waals surface area contributed by atoms with E-state index in [1.54, 1.807) is 0 Å². The Kier molecular flexibility index (Phi) is 3.23. The number of halogens is 1. The smallest absolute Gasteiger partial charge is 0.101 e. The summed E-state index contributed by atoms with van der Waals surface area (Å²) < 4.78 is 7.88. The molecule has 14 heavy (non-hydrogen) atoms. The minimum atomic E-state index is 0.201. The van der Waals surface area contributed by atoms with Crippen LogP contribution in [0, 0.1) is 0 Å². The van der Waals surface area contributed by atoms with Crippen molar-refractivity contribution in [2.24, 2.45) is 7.05 Å². The molecule has 2 rings (SSSR count). The molecule has 0 bridgehead atoms. The lowest BCUT2D eigenvalue weighted by Crippen LogP contribution is -2.23. The molecule has 0 amide bonds. The van der Waals surface area contributed by atoms with E-state index in [0.717, 1.165) is 23.9 Å². The zero-order valence-corrected chi connectivity index (χ0v) is 9.90. The quantitative estimate of drug-likeness (QED) is 0.763. The molecule has 2 heterocycles. The summed E-state index contributed by atoms with van der Waals surface area (Å²) >= 11 is 3.47. The third-order valence-electron chi connectivity index (χ3n) is 2.58. The van der Waals surface area contributed by atoms with Crippen molar-refractivity contribution >= 4 is 15.9 Å². The summed E-state index contributed by atoms with van der Waals surface area (Å²) in [5, 5.41) is 0.927. The van der Waals surface area contributed by atoms with E-state index < -0.39 is 0 Å². The maximum absolute atomic E-state index is 5.91. The van der Waals surface area contributed by atoms with Gasteiger partial charge in [0.05, 0.1) is 18.1 Å². The minimum Gasteiger partial charge on any atom is -0.368 e. The number of nitrogens with zero attached hydrogens (tertiary/aromatic N) is 2. The lowest BCUT2D eigenvalue weighted by atomic mass is 10.0. The highest BCUT2D eigenvalue weighted by atomic mass is 79.9. The van der Waals surface area contributed by atoms with E-state index in [-0.39, 0.29) is 6.10 Å². The molecule has 1 aromatic heterocycles. The number of aryl methyl sites for hydroxylation is 1. The predicted octanol–water partition coefficient (Wildman–Crippen LogP) is 2.43. The molecule has 0 aliphatic carbocycles. The number of rotatable bonds is 2. The molecule has 4 heteroatoms. The standard InChI is InChI=1S/C10H15BrN2O/c1-13-6-9(12-7-13)10-4-2-3-8(5-11)14-10/h6-8,10H,2-5H2,1H3. The van der Waals surface area contributed by atoms with Gasteiger partial charge in [0.25, 0.3) is 0 Å². The highest BCUT2D eigenvalue weighted by Crippen LogP contribution is 2.30. The van der Waals surface area contributed by atoms with Gasteiger partial charge in [0, 0.05) is 18.6 Å². The Bertz CT molecular complexity index is 300. The van der Waals surface area contributed by atoms with E-state index in [1.807, 2.05) is 24.1 Å². The molecule has 78 valence electrons. The van der Waals surface area contributed by atoms with Crippen molar-refractivity contribution in [1.29, 1.82) is 0 Å². The zero-order chi connectivity index (χ0) is 9.97. The van der Waals surface area contributed by atoms with Gasteiger partial charge in [0.15, 0.2) is 0 Å². The molecular formula is C10H15BrN2O. The average Bonchev–Trinajstić information content (AvgIpc) is 2.65. The maximum atomic E-state index is 5.91. The number of alkyl halides is 1. The van der Waals surface area contributed by atoms with Gasteiger partial charge in [-0.15, -0.1) is 0 Å². The van der Waals surface area contributed by atoms with E-state index in [1.165, 1.54) is 6.42 Å². The summed E-state index contributed by atoms with van der Waals surface area (Å²) in [5.74, 6) is 0. The van der Waals surface area contributed by atoms with Gasteiger partial charge in [-0.1, -0.05) is 15.9 Å². The average molecular weight is 259 g/mol. The number of hydrogen-bond acceptors (Lipinski definition) is 2. The van der Waals surface area contributed by atoms with Crippen molar-refractivity contribution in [3.05, 3.63) is 18.2 Å². The Morgan fingerprint density at radius 3 is 3.14 bits per heavy atom. The molecule has 1 aliphatic heterocycles. The molecule has 1 aliphatic rings. The first-order valence-electron chi connectivity index (χ1n) is 4.99. The van der Waals surface area contributed by atoms with Gasteiger partial charge >= 0.3 is 0 Å². The second-order valence-electron chi connectivity index (χ2n) is 3.80. The van der Waals surface area contributed by atoms with Crippen LogP contribution in [0.25, 0.3) is 0 Å². The van der Waals surface area contributed by atoms with Crippen LogP contribution in [0.1, 0.15) is 31.1 Å². The Morgan fingerprint density at radius 1 is 1.64 bits per heavy atom. The lowest BCUT2D eigenvalue weighted by Gasteiger charge is -2.27. The van der Waals surface area contributed by atoms with E-state index in [0.29, 0.717) is 6.10 Å². The Morgan fingerprint density at radius 2 is 2.50 bits per heavy atom. The van der Waals surface area contributed by atoms with E-state index in [4.69, 9.17) is 4.74 Å². The number of hydrogen-bond donors (Lipinski definition) is 0. The summed E-state index contributed by atoms with van der Waals surface area (Å²) in [7, 11) is 1.99. The SMILES string of the molecule is Cn1cnc(C2CCCC(CBr)O2)c1. The van der Waals surface area contributed by atoms with Crippen LogP contribution in [0.2, 0.25) is 0 Å². The third kappa shape index (κ3) is 2.17. The van der Waals surface area contributed by atoms with Crippen molar-refractivity contribution in [3.8, 4) is 0 Å². The van der Waals surface area contributed by atoms with Crippen LogP contribution >= 0.6 is 15.9 Å². The minimum absolute atomic E-state index is 0.201. The van der Waals surface area contributed by atoms with Gasteiger partial charge in [0.1, 0.15) is 6.10 Å². The lowest BCUT2D eigenvalue weighted by molar-refractivity contribution is -0.0403. The summed E-state index contributed by atoms with van der Waals surface area (Å²) in [6.07, 6.45) is 7.92. The highest BCUT2D eigenvalue weighted by molar-refractivity contribution is 9.09. The van der Waals surface area contributed by atoms with Crippen LogP contribution in [0.5, 0.6) is 0 Å². The fraction of sp³-hybridized carbons (Fsp3) is 0.700. The first-order chi connectivity index (χ1) is 6.79. The molecule has 1 saturated heterocycles. The van der Waals surface area contributed by atoms with Crippen molar-refractivity contribution in [2.75, 3.05) is 5.33 Å². The summed E-state index contributed by atoms with van der Waals surface area (Å²) in [6, 6.07) is 0. The van der Waals surface area contributed by atoms with Crippen LogP contribution < -0.4 is 0 Å². The van der Waals surface area contributed by atoms with Gasteiger partial charge < -0.3 is 9.30 Å². The molecule has 3 nitrogen and oxygen atoms in total. The van der Waals surface area contributed by atoms with E-state index in [2.05, 4.69) is 20.9 Å². The van der Waals surface area contributed by atoms with E-state index >= 15 is 0 Å². The van der Waals surface area contributed by atoms with Crippen LogP contribution in [0.15, 0.2) is 12.5 Å². The van der Waals surface area contributed by atoms with Crippen molar-refractivity contribution in [3.63, 3.8) is 0 Å². The van der Waals surface area contributed by atoms with Gasteiger partial charge in [-0.25, -0.2) is 4.98 Å². The number of imidazole rings is 1. The van der Waals surface area contributed by atoms with Crippen molar-refractivity contribution in [1.82, 2.24) is 9.55 Å². The summed E-state index contributed by atoms with van der Waals surface area (Å²) in [5.41, 5.74) is 1.07. The molecule has 2 atom stereocenters. The second kappa shape index (κ2) is 4.45. The molecule has 1 aromatic rings. The van der Waals surface area contributed by atoms with Crippen molar-refractivity contribution < 1.29 is 4.74 Å². The Balaban J connectivity index is 2.04.